The summed E-state index contributed by atoms with van der Waals surface area (Å²) in [4.78, 5) is 17.9. The predicted octanol–water partition coefficient (Wildman–Crippen LogP) is 3.84. The van der Waals surface area contributed by atoms with Crippen molar-refractivity contribution in [1.82, 2.24) is 10.1 Å². The number of rotatable bonds is 3. The first-order valence-electron chi connectivity index (χ1n) is 8.17. The zero-order valence-electron chi connectivity index (χ0n) is 13.9. The molecule has 1 fully saturated rings. The Morgan fingerprint density at radius 1 is 1.19 bits per heavy atom. The number of carbonyl (C=O) groups excluding carboxylic acids is 1. The fourth-order valence-corrected chi connectivity index (χ4v) is 3.10. The van der Waals surface area contributed by atoms with Crippen LogP contribution in [-0.2, 0) is 4.79 Å². The number of anilines is 1. The van der Waals surface area contributed by atoms with Crippen LogP contribution in [0.5, 0.6) is 0 Å². The van der Waals surface area contributed by atoms with Gasteiger partial charge in [0.25, 0.3) is 5.89 Å². The topological polar surface area (TPSA) is 59.2 Å². The molecule has 1 amide bonds. The van der Waals surface area contributed by atoms with Crippen molar-refractivity contribution in [3.8, 4) is 11.5 Å². The number of nitrogens with zero attached hydrogens (tertiary/aromatic N) is 3. The summed E-state index contributed by atoms with van der Waals surface area (Å²) in [6.45, 7) is 2.13. The molecule has 1 aliphatic heterocycles. The highest BCUT2D eigenvalue weighted by Crippen LogP contribution is 2.33. The number of aromatic nitrogens is 2. The number of aryl methyl sites for hydroxylation is 1. The number of benzene rings is 2. The van der Waals surface area contributed by atoms with Crippen molar-refractivity contribution in [2.24, 2.45) is 0 Å². The number of carbonyl (C=O) groups is 1. The first-order chi connectivity index (χ1) is 12.5. The third kappa shape index (κ3) is 2.96. The molecule has 7 heteroatoms. The van der Waals surface area contributed by atoms with Crippen LogP contribution in [0.15, 0.2) is 47.0 Å². The summed E-state index contributed by atoms with van der Waals surface area (Å²) in [6, 6.07) is 10.7. The van der Waals surface area contributed by atoms with Crippen LogP contribution in [0, 0.1) is 18.6 Å². The molecular formula is C19H15F2N3O2. The molecule has 26 heavy (non-hydrogen) atoms. The summed E-state index contributed by atoms with van der Waals surface area (Å²) in [5, 5.41) is 3.97. The van der Waals surface area contributed by atoms with Crippen molar-refractivity contribution in [3.05, 3.63) is 65.5 Å². The van der Waals surface area contributed by atoms with E-state index in [9.17, 15) is 13.6 Å². The largest absolute Gasteiger partial charge is 0.334 e. The quantitative estimate of drug-likeness (QED) is 0.716. The van der Waals surface area contributed by atoms with Crippen LogP contribution in [0.1, 0.15) is 23.7 Å². The second kappa shape index (κ2) is 6.33. The predicted molar refractivity (Wildman–Crippen MR) is 90.5 cm³/mol. The Hall–Kier alpha value is -3.09. The first kappa shape index (κ1) is 16.4. The van der Waals surface area contributed by atoms with E-state index in [0.29, 0.717) is 11.7 Å². The van der Waals surface area contributed by atoms with Crippen molar-refractivity contribution in [2.75, 3.05) is 11.4 Å². The molecule has 1 aliphatic rings. The maximum atomic E-state index is 14.0. The number of hydrogen-bond donors (Lipinski definition) is 0. The van der Waals surface area contributed by atoms with Crippen molar-refractivity contribution in [3.63, 3.8) is 0 Å². The molecule has 2 aromatic carbocycles. The van der Waals surface area contributed by atoms with Gasteiger partial charge in [0.15, 0.2) is 5.82 Å². The molecule has 1 atom stereocenters. The lowest BCUT2D eigenvalue weighted by molar-refractivity contribution is -0.117. The zero-order valence-corrected chi connectivity index (χ0v) is 13.9. The van der Waals surface area contributed by atoms with Crippen LogP contribution in [0.4, 0.5) is 14.5 Å². The second-order valence-electron chi connectivity index (χ2n) is 6.33. The molecule has 1 aromatic heterocycles. The van der Waals surface area contributed by atoms with Crippen LogP contribution in [-0.4, -0.2) is 22.6 Å². The van der Waals surface area contributed by atoms with Gasteiger partial charge < -0.3 is 9.42 Å². The Kier molecular flexibility index (Phi) is 3.99. The SMILES string of the molecule is Cc1cccc(-c2nc(C3CC(=O)N(c4cc(F)ccc4F)C3)no2)c1. The van der Waals surface area contributed by atoms with E-state index in [1.165, 1.54) is 4.90 Å². The molecule has 0 N–H and O–H groups in total. The standard InChI is InChI=1S/C19H15F2N3O2/c1-11-3-2-4-12(7-11)19-22-18(23-26-19)13-8-17(25)24(10-13)16-9-14(20)5-6-15(16)21/h2-7,9,13H,8,10H2,1H3. The zero-order chi connectivity index (χ0) is 18.3. The van der Waals surface area contributed by atoms with Crippen LogP contribution < -0.4 is 4.90 Å². The minimum absolute atomic E-state index is 0.0695. The molecule has 5 nitrogen and oxygen atoms in total. The van der Waals surface area contributed by atoms with Gasteiger partial charge in [-0.3, -0.25) is 4.79 Å². The van der Waals surface area contributed by atoms with Gasteiger partial charge in [-0.25, -0.2) is 8.78 Å². The smallest absolute Gasteiger partial charge is 0.257 e. The highest BCUT2D eigenvalue weighted by Gasteiger charge is 2.36. The van der Waals surface area contributed by atoms with Gasteiger partial charge in [0.2, 0.25) is 5.91 Å². The van der Waals surface area contributed by atoms with Gasteiger partial charge in [-0.15, -0.1) is 0 Å². The number of hydrogen-bond acceptors (Lipinski definition) is 4. The fraction of sp³-hybridized carbons (Fsp3) is 0.211. The Bertz CT molecular complexity index is 986. The van der Waals surface area contributed by atoms with Gasteiger partial charge in [0.05, 0.1) is 5.69 Å². The average molecular weight is 355 g/mol. The minimum Gasteiger partial charge on any atom is -0.334 e. The molecule has 0 saturated carbocycles. The second-order valence-corrected chi connectivity index (χ2v) is 6.33. The van der Waals surface area contributed by atoms with Gasteiger partial charge in [-0.05, 0) is 31.2 Å². The van der Waals surface area contributed by atoms with E-state index in [1.807, 2.05) is 31.2 Å². The normalized spacial score (nSPS) is 17.1. The molecule has 0 aliphatic carbocycles. The molecule has 4 rings (SSSR count). The van der Waals surface area contributed by atoms with E-state index in [0.717, 1.165) is 29.3 Å². The Labute approximate surface area is 148 Å². The maximum absolute atomic E-state index is 14.0. The molecule has 0 radical (unpaired) electrons. The van der Waals surface area contributed by atoms with E-state index in [1.54, 1.807) is 0 Å². The van der Waals surface area contributed by atoms with E-state index in [2.05, 4.69) is 10.1 Å². The molecule has 132 valence electrons. The Balaban J connectivity index is 1.59. The Morgan fingerprint density at radius 3 is 2.85 bits per heavy atom. The average Bonchev–Trinajstić information content (AvgIpc) is 3.24. The third-order valence-corrected chi connectivity index (χ3v) is 4.40. The number of halogens is 2. The first-order valence-corrected chi connectivity index (χ1v) is 8.17. The minimum atomic E-state index is -0.644. The highest BCUT2D eigenvalue weighted by molar-refractivity contribution is 5.96. The van der Waals surface area contributed by atoms with Gasteiger partial charge in [-0.2, -0.15) is 4.98 Å². The summed E-state index contributed by atoms with van der Waals surface area (Å²) < 4.78 is 32.7. The van der Waals surface area contributed by atoms with Crippen LogP contribution in [0.25, 0.3) is 11.5 Å². The van der Waals surface area contributed by atoms with E-state index < -0.39 is 11.6 Å². The molecule has 1 unspecified atom stereocenters. The summed E-state index contributed by atoms with van der Waals surface area (Å²) in [5.41, 5.74) is 1.78. The van der Waals surface area contributed by atoms with Crippen LogP contribution in [0.2, 0.25) is 0 Å². The number of amides is 1. The lowest BCUT2D eigenvalue weighted by Gasteiger charge is -2.16. The fourth-order valence-electron chi connectivity index (χ4n) is 3.10. The van der Waals surface area contributed by atoms with Crippen molar-refractivity contribution in [1.29, 1.82) is 0 Å². The molecule has 3 aromatic rings. The molecular weight excluding hydrogens is 340 g/mol. The van der Waals surface area contributed by atoms with E-state index in [4.69, 9.17) is 4.52 Å². The van der Waals surface area contributed by atoms with Crippen molar-refractivity contribution in [2.45, 2.75) is 19.3 Å². The lowest BCUT2D eigenvalue weighted by Crippen LogP contribution is -2.25. The summed E-state index contributed by atoms with van der Waals surface area (Å²) in [6.07, 6.45) is 0.114. The van der Waals surface area contributed by atoms with Crippen molar-refractivity contribution >= 4 is 11.6 Å². The summed E-state index contributed by atoms with van der Waals surface area (Å²) >= 11 is 0. The van der Waals surface area contributed by atoms with E-state index in [-0.39, 0.29) is 30.5 Å². The van der Waals surface area contributed by atoms with Gasteiger partial charge in [0, 0.05) is 30.5 Å². The van der Waals surface area contributed by atoms with E-state index >= 15 is 0 Å². The van der Waals surface area contributed by atoms with Crippen molar-refractivity contribution < 1.29 is 18.1 Å². The molecule has 0 spiro atoms. The Morgan fingerprint density at radius 2 is 2.04 bits per heavy atom. The van der Waals surface area contributed by atoms with Gasteiger partial charge in [-0.1, -0.05) is 22.9 Å². The molecule has 0 bridgehead atoms. The molecule has 2 heterocycles. The summed E-state index contributed by atoms with van der Waals surface area (Å²) in [5.74, 6) is -1.14. The van der Waals surface area contributed by atoms with Gasteiger partial charge >= 0.3 is 0 Å². The monoisotopic (exact) mass is 355 g/mol. The van der Waals surface area contributed by atoms with Gasteiger partial charge in [0.1, 0.15) is 11.6 Å². The third-order valence-electron chi connectivity index (χ3n) is 4.40. The summed E-state index contributed by atoms with van der Waals surface area (Å²) in [7, 11) is 0. The van der Waals surface area contributed by atoms with Crippen LogP contribution in [0.3, 0.4) is 0 Å². The molecule has 1 saturated heterocycles. The highest BCUT2D eigenvalue weighted by atomic mass is 19.1. The maximum Gasteiger partial charge on any atom is 0.257 e. The van der Waals surface area contributed by atoms with Crippen LogP contribution >= 0.6 is 0 Å². The lowest BCUT2D eigenvalue weighted by atomic mass is 10.1.